The first-order chi connectivity index (χ1) is 4.00. The molecular formula is H8MgO8P2Se2. The van der Waals surface area contributed by atoms with Crippen molar-refractivity contribution in [3.63, 3.8) is 0 Å². The summed E-state index contributed by atoms with van der Waals surface area (Å²) in [6.45, 7) is 0. The topological polar surface area (TPSA) is 155 Å². The van der Waals surface area contributed by atoms with Gasteiger partial charge in [-0.15, -0.1) is 0 Å². The van der Waals surface area contributed by atoms with Crippen LogP contribution in [0.25, 0.3) is 0 Å². The van der Waals surface area contributed by atoms with E-state index in [0.717, 1.165) is 0 Å². The molecule has 2 atom stereocenters. The van der Waals surface area contributed by atoms with Crippen LogP contribution in [0.1, 0.15) is 0 Å². The largest absolute Gasteiger partial charge is 2.00 e. The molecule has 0 aliphatic carbocycles. The van der Waals surface area contributed by atoms with Gasteiger partial charge in [0.15, 0.2) is 0 Å². The Morgan fingerprint density at radius 1 is 0.846 bits per heavy atom. The molecule has 0 heterocycles. The van der Waals surface area contributed by atoms with Gasteiger partial charge in [0.05, 0.1) is 0 Å². The molecule has 0 saturated carbocycles. The Hall–Kier alpha value is 1.71. The molecule has 0 aliphatic heterocycles. The van der Waals surface area contributed by atoms with Crippen molar-refractivity contribution < 1.29 is 32.1 Å². The molecule has 0 amide bonds. The van der Waals surface area contributed by atoms with Gasteiger partial charge in [-0.2, -0.15) is 19.8 Å². The van der Waals surface area contributed by atoms with Crippen LogP contribution in [0.3, 0.4) is 0 Å². The second-order valence-corrected chi connectivity index (χ2v) is 4.45. The average Bonchev–Trinajstić information content (AvgIpc) is 1.12. The molecule has 0 aromatic carbocycles. The number of hydrogen-bond donors (Lipinski definition) is 2. The summed E-state index contributed by atoms with van der Waals surface area (Å²) in [5.74, 6) is 0. The van der Waals surface area contributed by atoms with Gasteiger partial charge < -0.3 is 0 Å². The van der Waals surface area contributed by atoms with E-state index in [1.54, 1.807) is 0 Å². The first kappa shape index (κ1) is 29.3. The van der Waals surface area contributed by atoms with Crippen LogP contribution in [0.4, 0.5) is 0 Å². The van der Waals surface area contributed by atoms with Gasteiger partial charge in [0.25, 0.3) is 0 Å². The van der Waals surface area contributed by atoms with Crippen LogP contribution < -0.4 is 8.38 Å². The Balaban J connectivity index is -0.0000000267. The zero-order chi connectivity index (χ0) is 9.00. The van der Waals surface area contributed by atoms with Crippen molar-refractivity contribution in [1.82, 2.24) is 0 Å². The monoisotopic (exact) mass is 382 g/mol. The first-order valence-corrected chi connectivity index (χ1v) is 7.09. The Kier molecular flexibility index (Phi) is 26.6. The third kappa shape index (κ3) is 646. The van der Waals surface area contributed by atoms with Crippen LogP contribution in [0.15, 0.2) is 0 Å². The maximum absolute atomic E-state index is 8.82. The molecule has 0 bridgehead atoms. The van der Waals surface area contributed by atoms with Crippen LogP contribution in [0.2, 0.25) is 0 Å². The predicted octanol–water partition coefficient (Wildman–Crippen LogP) is -4.99. The zero-order valence-corrected chi connectivity index (χ0v) is 14.0. The molecule has 0 fully saturated rings. The molecule has 80 valence electrons. The van der Waals surface area contributed by atoms with Gasteiger partial charge in [-0.05, 0) is 0 Å². The van der Waals surface area contributed by atoms with Crippen molar-refractivity contribution >= 4 is 69.6 Å². The minimum atomic E-state index is -5.75. The molecule has 2 N–H and O–H groups in total. The van der Waals surface area contributed by atoms with Gasteiger partial charge in [0.2, 0.25) is 0 Å². The van der Waals surface area contributed by atoms with Crippen molar-refractivity contribution in [2.45, 2.75) is 0 Å². The van der Waals surface area contributed by atoms with Crippen molar-refractivity contribution in [3.05, 3.63) is 0 Å². The van der Waals surface area contributed by atoms with E-state index in [0.29, 0.717) is 0 Å². The summed E-state index contributed by atoms with van der Waals surface area (Å²) in [5, 5.41) is 0. The standard InChI is InChI=1S/Mg.2H2O4Se.2H3P/c;2*1-5(2,3)4;;/h;2*(H2,1,2,3,4);2*1H3/q+2;;;;/p-2. The molecule has 0 spiro atoms. The van der Waals surface area contributed by atoms with Crippen molar-refractivity contribution in [2.24, 2.45) is 0 Å². The molecular weight excluding hydrogens is 372 g/mol. The summed E-state index contributed by atoms with van der Waals surface area (Å²) in [7, 11) is 0. The van der Waals surface area contributed by atoms with Crippen LogP contribution in [-0.2, 0) is 15.3 Å². The second kappa shape index (κ2) is 11.8. The number of hydrogen-bond acceptors (Lipinski definition) is 6. The Bertz CT molecular complexity index is 217. The van der Waals surface area contributed by atoms with E-state index in [2.05, 4.69) is 0 Å². The number of rotatable bonds is 0. The van der Waals surface area contributed by atoms with E-state index in [1.165, 1.54) is 0 Å². The maximum atomic E-state index is 8.82. The zero-order valence-electron chi connectivity index (χ0n) is 6.28. The average molecular weight is 380 g/mol. The fraction of sp³-hybridized carbons (Fsp3) is 0. The third-order valence-corrected chi connectivity index (χ3v) is 0. The van der Waals surface area contributed by atoms with Crippen molar-refractivity contribution in [3.8, 4) is 0 Å². The van der Waals surface area contributed by atoms with E-state index in [-0.39, 0.29) is 42.9 Å². The minimum Gasteiger partial charge on any atom is -0.153 e. The van der Waals surface area contributed by atoms with Gasteiger partial charge >= 0.3 is 81.9 Å². The summed E-state index contributed by atoms with van der Waals surface area (Å²) >= 11 is -11.0. The van der Waals surface area contributed by atoms with Crippen LogP contribution in [0.5, 0.6) is 0 Å². The van der Waals surface area contributed by atoms with Gasteiger partial charge in [-0.1, -0.05) is 0 Å². The molecule has 0 aliphatic rings. The smallest absolute Gasteiger partial charge is 0.153 e. The summed E-state index contributed by atoms with van der Waals surface area (Å²) in [5.41, 5.74) is 0. The molecule has 0 rings (SSSR count). The summed E-state index contributed by atoms with van der Waals surface area (Å²) in [6.07, 6.45) is 0. The van der Waals surface area contributed by atoms with Gasteiger partial charge in [0, 0.05) is 0 Å². The Morgan fingerprint density at radius 3 is 0.846 bits per heavy atom. The Labute approximate surface area is 101 Å². The molecule has 2 unspecified atom stereocenters. The van der Waals surface area contributed by atoms with E-state index >= 15 is 0 Å². The second-order valence-electron chi connectivity index (χ2n) is 0.856. The van der Waals surface area contributed by atoms with Crippen molar-refractivity contribution in [1.29, 1.82) is 0 Å². The van der Waals surface area contributed by atoms with Gasteiger partial charge in [0.1, 0.15) is 0 Å². The fourth-order valence-electron chi connectivity index (χ4n) is 0. The van der Waals surface area contributed by atoms with Crippen LogP contribution in [-0.4, -0.2) is 58.2 Å². The Morgan fingerprint density at radius 2 is 0.846 bits per heavy atom. The van der Waals surface area contributed by atoms with Gasteiger partial charge in [-0.3, -0.25) is 0 Å². The van der Waals surface area contributed by atoms with E-state index < -0.39 is 26.7 Å². The van der Waals surface area contributed by atoms with Crippen LogP contribution in [0, 0.1) is 0 Å². The van der Waals surface area contributed by atoms with E-state index in [1.807, 2.05) is 0 Å². The molecule has 13 heteroatoms. The third-order valence-electron chi connectivity index (χ3n) is 0. The minimum absolute atomic E-state index is 0. The molecule has 13 heavy (non-hydrogen) atoms. The van der Waals surface area contributed by atoms with Crippen molar-refractivity contribution in [2.75, 3.05) is 0 Å². The summed E-state index contributed by atoms with van der Waals surface area (Å²) in [6, 6.07) is 0. The van der Waals surface area contributed by atoms with Crippen LogP contribution >= 0.6 is 19.8 Å². The first-order valence-electron chi connectivity index (χ1n) is 1.37. The molecule has 8 nitrogen and oxygen atoms in total. The van der Waals surface area contributed by atoms with E-state index in [9.17, 15) is 0 Å². The molecule has 0 aromatic heterocycles. The summed E-state index contributed by atoms with van der Waals surface area (Å²) < 4.78 is 66.2. The van der Waals surface area contributed by atoms with E-state index in [4.69, 9.17) is 32.1 Å². The van der Waals surface area contributed by atoms with Gasteiger partial charge in [-0.25, -0.2) is 0 Å². The molecule has 0 aromatic rings. The predicted molar refractivity (Wildman–Crippen MR) is 46.7 cm³/mol. The normalized spacial score (nSPS) is 8.92. The molecule has 0 radical (unpaired) electrons. The SMILES string of the molecule is O=[Se](=O)(O)O.O=[Se](=O)([O-])[O-].P.P.[Mg+2]. The maximum Gasteiger partial charge on any atom is 2.00 e. The molecule has 0 saturated heterocycles. The summed E-state index contributed by atoms with van der Waals surface area (Å²) in [4.78, 5) is 0. The quantitative estimate of drug-likeness (QED) is 0.313. The fourth-order valence-corrected chi connectivity index (χ4v) is 0.